The summed E-state index contributed by atoms with van der Waals surface area (Å²) in [6.45, 7) is 3.69. The van der Waals surface area contributed by atoms with E-state index < -0.39 is 0 Å². The van der Waals surface area contributed by atoms with E-state index in [0.29, 0.717) is 12.6 Å². The summed E-state index contributed by atoms with van der Waals surface area (Å²) in [5.41, 5.74) is 8.66. The minimum Gasteiger partial charge on any atom is -0.349 e. The molecule has 3 heteroatoms. The molecule has 0 saturated carbocycles. The fourth-order valence-corrected chi connectivity index (χ4v) is 2.68. The fraction of sp³-hybridized carbons (Fsp3) is 0.333. The molecule has 94 valence electrons. The topological polar surface area (TPSA) is 34.2 Å². The number of hydrogen-bond acceptors (Lipinski definition) is 2. The van der Waals surface area contributed by atoms with Crippen LogP contribution in [0.15, 0.2) is 48.7 Å². The summed E-state index contributed by atoms with van der Waals surface area (Å²) in [4.78, 5) is 2.48. The first-order chi connectivity index (χ1) is 8.86. The average molecular weight is 241 g/mol. The van der Waals surface area contributed by atoms with Crippen molar-refractivity contribution in [3.05, 3.63) is 59.9 Å². The van der Waals surface area contributed by atoms with E-state index in [-0.39, 0.29) is 0 Å². The third-order valence-corrected chi connectivity index (χ3v) is 3.71. The first-order valence-electron chi connectivity index (χ1n) is 6.49. The van der Waals surface area contributed by atoms with E-state index >= 15 is 0 Å². The Bertz CT molecular complexity index is 503. The van der Waals surface area contributed by atoms with Crippen LogP contribution in [0.2, 0.25) is 0 Å². The Labute approximate surface area is 108 Å². The summed E-state index contributed by atoms with van der Waals surface area (Å²) < 4.78 is 2.32. The van der Waals surface area contributed by atoms with Gasteiger partial charge in [0.05, 0.1) is 0 Å². The van der Waals surface area contributed by atoms with E-state index in [1.165, 1.54) is 11.3 Å². The van der Waals surface area contributed by atoms with Crippen LogP contribution in [0.1, 0.15) is 11.3 Å². The molecule has 1 aliphatic rings. The Balaban J connectivity index is 1.79. The summed E-state index contributed by atoms with van der Waals surface area (Å²) in [6, 6.07) is 15.4. The van der Waals surface area contributed by atoms with Gasteiger partial charge in [0.25, 0.3) is 0 Å². The molecule has 0 fully saturated rings. The van der Waals surface area contributed by atoms with Gasteiger partial charge in [0.1, 0.15) is 0 Å². The molecule has 1 aromatic carbocycles. The SMILES string of the molecule is NC[C@@H]1Cn2cccc2CN1Cc1ccccc1. The van der Waals surface area contributed by atoms with Gasteiger partial charge in [-0.3, -0.25) is 4.90 Å². The Morgan fingerprint density at radius 2 is 1.94 bits per heavy atom. The third kappa shape index (κ3) is 2.19. The Morgan fingerprint density at radius 3 is 2.72 bits per heavy atom. The van der Waals surface area contributed by atoms with Crippen molar-refractivity contribution in [1.82, 2.24) is 9.47 Å². The second kappa shape index (κ2) is 4.96. The van der Waals surface area contributed by atoms with Crippen molar-refractivity contribution in [2.45, 2.75) is 25.7 Å². The van der Waals surface area contributed by atoms with Crippen LogP contribution in [0.4, 0.5) is 0 Å². The Morgan fingerprint density at radius 1 is 1.11 bits per heavy atom. The molecule has 0 amide bonds. The summed E-state index contributed by atoms with van der Waals surface area (Å²) in [6.07, 6.45) is 2.15. The Kier molecular flexibility index (Phi) is 3.17. The molecule has 0 bridgehead atoms. The lowest BCUT2D eigenvalue weighted by molar-refractivity contribution is 0.136. The smallest absolute Gasteiger partial charge is 0.0405 e. The molecule has 1 atom stereocenters. The zero-order valence-corrected chi connectivity index (χ0v) is 10.5. The molecule has 0 spiro atoms. The van der Waals surface area contributed by atoms with Gasteiger partial charge in [-0.05, 0) is 17.7 Å². The van der Waals surface area contributed by atoms with Gasteiger partial charge in [-0.2, -0.15) is 0 Å². The molecule has 18 heavy (non-hydrogen) atoms. The summed E-state index contributed by atoms with van der Waals surface area (Å²) in [7, 11) is 0. The van der Waals surface area contributed by atoms with Crippen LogP contribution >= 0.6 is 0 Å². The van der Waals surface area contributed by atoms with E-state index in [1.807, 2.05) is 0 Å². The summed E-state index contributed by atoms with van der Waals surface area (Å²) in [5.74, 6) is 0. The molecular formula is C15H19N3. The standard InChI is InChI=1S/C15H19N3/c16-9-15-12-17-8-4-7-14(17)11-18(15)10-13-5-2-1-3-6-13/h1-8,15H,9-12,16H2/t15-/m1/s1. The molecule has 1 aromatic heterocycles. The number of fused-ring (bicyclic) bond motifs is 1. The van der Waals surface area contributed by atoms with Gasteiger partial charge >= 0.3 is 0 Å². The number of nitrogens with two attached hydrogens (primary N) is 1. The summed E-state index contributed by atoms with van der Waals surface area (Å²) >= 11 is 0. The highest BCUT2D eigenvalue weighted by molar-refractivity contribution is 5.16. The van der Waals surface area contributed by atoms with E-state index in [0.717, 1.165) is 19.6 Å². The number of nitrogens with zero attached hydrogens (tertiary/aromatic N) is 2. The van der Waals surface area contributed by atoms with E-state index in [4.69, 9.17) is 5.73 Å². The highest BCUT2D eigenvalue weighted by Crippen LogP contribution is 2.20. The van der Waals surface area contributed by atoms with Gasteiger partial charge in [0.2, 0.25) is 0 Å². The van der Waals surface area contributed by atoms with E-state index in [1.54, 1.807) is 0 Å². The molecule has 0 radical (unpaired) electrons. The van der Waals surface area contributed by atoms with E-state index in [2.05, 4.69) is 58.1 Å². The van der Waals surface area contributed by atoms with Gasteiger partial charge in [-0.25, -0.2) is 0 Å². The van der Waals surface area contributed by atoms with Crippen molar-refractivity contribution in [3.63, 3.8) is 0 Å². The maximum Gasteiger partial charge on any atom is 0.0405 e. The van der Waals surface area contributed by atoms with Crippen molar-refractivity contribution in [2.75, 3.05) is 6.54 Å². The normalized spacial score (nSPS) is 19.7. The molecular weight excluding hydrogens is 222 g/mol. The number of rotatable bonds is 3. The van der Waals surface area contributed by atoms with Crippen LogP contribution in [0, 0.1) is 0 Å². The molecule has 0 aliphatic carbocycles. The van der Waals surface area contributed by atoms with Gasteiger partial charge < -0.3 is 10.3 Å². The highest BCUT2D eigenvalue weighted by Gasteiger charge is 2.24. The first kappa shape index (κ1) is 11.5. The van der Waals surface area contributed by atoms with Crippen molar-refractivity contribution in [1.29, 1.82) is 0 Å². The molecule has 2 aromatic rings. The van der Waals surface area contributed by atoms with E-state index in [9.17, 15) is 0 Å². The minimum absolute atomic E-state index is 0.435. The van der Waals surface area contributed by atoms with Crippen LogP contribution in [-0.2, 0) is 19.6 Å². The predicted octanol–water partition coefficient (Wildman–Crippen LogP) is 1.83. The Hall–Kier alpha value is -1.58. The van der Waals surface area contributed by atoms with Gasteiger partial charge in [-0.15, -0.1) is 0 Å². The highest BCUT2D eigenvalue weighted by atomic mass is 15.2. The summed E-state index contributed by atoms with van der Waals surface area (Å²) in [5, 5.41) is 0. The third-order valence-electron chi connectivity index (χ3n) is 3.71. The molecule has 2 heterocycles. The van der Waals surface area contributed by atoms with Crippen molar-refractivity contribution in [3.8, 4) is 0 Å². The second-order valence-corrected chi connectivity index (χ2v) is 4.93. The van der Waals surface area contributed by atoms with Gasteiger partial charge in [0, 0.05) is 44.1 Å². The molecule has 1 aliphatic heterocycles. The maximum atomic E-state index is 5.92. The van der Waals surface area contributed by atoms with Crippen molar-refractivity contribution < 1.29 is 0 Å². The number of aromatic nitrogens is 1. The molecule has 0 unspecified atom stereocenters. The largest absolute Gasteiger partial charge is 0.349 e. The minimum atomic E-state index is 0.435. The molecule has 3 nitrogen and oxygen atoms in total. The zero-order chi connectivity index (χ0) is 12.4. The molecule has 2 N–H and O–H groups in total. The molecule has 3 rings (SSSR count). The van der Waals surface area contributed by atoms with Gasteiger partial charge in [0.15, 0.2) is 0 Å². The quantitative estimate of drug-likeness (QED) is 0.889. The molecule has 0 saturated heterocycles. The van der Waals surface area contributed by atoms with Crippen LogP contribution in [0.25, 0.3) is 0 Å². The monoisotopic (exact) mass is 241 g/mol. The van der Waals surface area contributed by atoms with Gasteiger partial charge in [-0.1, -0.05) is 30.3 Å². The second-order valence-electron chi connectivity index (χ2n) is 4.93. The van der Waals surface area contributed by atoms with Crippen LogP contribution in [0.5, 0.6) is 0 Å². The fourth-order valence-electron chi connectivity index (χ4n) is 2.68. The lowest BCUT2D eigenvalue weighted by Crippen LogP contribution is -2.46. The zero-order valence-electron chi connectivity index (χ0n) is 10.5. The van der Waals surface area contributed by atoms with Crippen molar-refractivity contribution in [2.24, 2.45) is 5.73 Å². The average Bonchev–Trinajstić information content (AvgIpc) is 2.86. The lowest BCUT2D eigenvalue weighted by atomic mass is 10.1. The first-order valence-corrected chi connectivity index (χ1v) is 6.49. The van der Waals surface area contributed by atoms with Crippen LogP contribution in [-0.4, -0.2) is 22.1 Å². The van der Waals surface area contributed by atoms with Crippen LogP contribution < -0.4 is 5.73 Å². The van der Waals surface area contributed by atoms with Crippen molar-refractivity contribution >= 4 is 0 Å². The predicted molar refractivity (Wildman–Crippen MR) is 73.0 cm³/mol. The number of hydrogen-bond donors (Lipinski definition) is 1. The number of benzene rings is 1. The maximum absolute atomic E-state index is 5.92. The lowest BCUT2D eigenvalue weighted by Gasteiger charge is -2.36. The van der Waals surface area contributed by atoms with Crippen LogP contribution in [0.3, 0.4) is 0 Å².